The highest BCUT2D eigenvalue weighted by atomic mass is 16.5. The first-order valence-corrected chi connectivity index (χ1v) is 7.50. The van der Waals surface area contributed by atoms with Crippen molar-refractivity contribution in [2.75, 3.05) is 0 Å². The summed E-state index contributed by atoms with van der Waals surface area (Å²) in [5, 5.41) is 0. The van der Waals surface area contributed by atoms with E-state index in [0.29, 0.717) is 30.8 Å². The number of rotatable bonds is 5. The molecule has 2 nitrogen and oxygen atoms in total. The second-order valence-electron chi connectivity index (χ2n) is 5.81. The van der Waals surface area contributed by atoms with E-state index in [4.69, 9.17) is 4.74 Å². The van der Waals surface area contributed by atoms with Crippen LogP contribution in [-0.4, -0.2) is 5.97 Å². The van der Waals surface area contributed by atoms with Gasteiger partial charge in [0, 0.05) is 6.42 Å². The molecule has 0 N–H and O–H groups in total. The average Bonchev–Trinajstić information content (AvgIpc) is 3.16. The molecule has 0 bridgehead atoms. The Morgan fingerprint density at radius 3 is 2.29 bits per heavy atom. The van der Waals surface area contributed by atoms with Crippen molar-refractivity contribution in [1.82, 2.24) is 0 Å². The molecule has 1 unspecified atom stereocenters. The minimum atomic E-state index is -0.0888. The van der Waals surface area contributed by atoms with Crippen molar-refractivity contribution in [2.24, 2.45) is 11.8 Å². The predicted octanol–water partition coefficient (Wildman–Crippen LogP) is 4.17. The number of ether oxygens (including phenoxy) is 1. The van der Waals surface area contributed by atoms with Crippen molar-refractivity contribution in [1.29, 1.82) is 0 Å². The summed E-state index contributed by atoms with van der Waals surface area (Å²) >= 11 is 0. The van der Waals surface area contributed by atoms with Gasteiger partial charge in [-0.15, -0.1) is 0 Å². The molecule has 2 aromatic carbocycles. The Kier molecular flexibility index (Phi) is 4.05. The lowest BCUT2D eigenvalue weighted by Gasteiger charge is -2.05. The molecule has 2 aromatic rings. The van der Waals surface area contributed by atoms with E-state index in [1.54, 1.807) is 0 Å². The fraction of sp³-hybridized carbons (Fsp3) is 0.316. The van der Waals surface area contributed by atoms with Gasteiger partial charge in [-0.25, -0.2) is 0 Å². The molecule has 1 fully saturated rings. The molecule has 2 heteroatoms. The topological polar surface area (TPSA) is 26.3 Å². The van der Waals surface area contributed by atoms with Gasteiger partial charge in [-0.2, -0.15) is 0 Å². The Labute approximate surface area is 125 Å². The van der Waals surface area contributed by atoms with E-state index in [0.717, 1.165) is 5.56 Å². The Morgan fingerprint density at radius 1 is 1.00 bits per heavy atom. The fourth-order valence-electron chi connectivity index (χ4n) is 3.07. The molecule has 0 radical (unpaired) electrons. The summed E-state index contributed by atoms with van der Waals surface area (Å²) in [5.74, 6) is 1.41. The summed E-state index contributed by atoms with van der Waals surface area (Å²) in [6.45, 7) is 2.59. The van der Waals surface area contributed by atoms with Crippen molar-refractivity contribution in [3.63, 3.8) is 0 Å². The number of hydrogen-bond donors (Lipinski definition) is 0. The minimum absolute atomic E-state index is 0.0888. The maximum atomic E-state index is 12.0. The third-order valence-corrected chi connectivity index (χ3v) is 4.39. The zero-order chi connectivity index (χ0) is 14.7. The first-order valence-electron chi connectivity index (χ1n) is 7.50. The lowest BCUT2D eigenvalue weighted by Crippen LogP contribution is -2.06. The lowest BCUT2D eigenvalue weighted by molar-refractivity contribution is -0.145. The Hall–Kier alpha value is -2.09. The highest BCUT2D eigenvalue weighted by Crippen LogP contribution is 2.55. The second-order valence-corrected chi connectivity index (χ2v) is 5.81. The van der Waals surface area contributed by atoms with Crippen LogP contribution < -0.4 is 0 Å². The molecule has 21 heavy (non-hydrogen) atoms. The molecule has 3 rings (SSSR count). The van der Waals surface area contributed by atoms with E-state index in [9.17, 15) is 4.79 Å². The van der Waals surface area contributed by atoms with Gasteiger partial charge in [-0.05, 0) is 28.9 Å². The summed E-state index contributed by atoms with van der Waals surface area (Å²) in [6.07, 6.45) is 0.521. The first-order chi connectivity index (χ1) is 10.3. The van der Waals surface area contributed by atoms with Gasteiger partial charge in [0.25, 0.3) is 0 Å². The van der Waals surface area contributed by atoms with Crippen molar-refractivity contribution >= 4 is 5.97 Å². The van der Waals surface area contributed by atoms with Gasteiger partial charge in [0.2, 0.25) is 0 Å². The third-order valence-electron chi connectivity index (χ3n) is 4.39. The summed E-state index contributed by atoms with van der Waals surface area (Å²) in [7, 11) is 0. The van der Waals surface area contributed by atoms with E-state index in [1.807, 2.05) is 36.4 Å². The van der Waals surface area contributed by atoms with E-state index in [1.165, 1.54) is 5.56 Å². The quantitative estimate of drug-likeness (QED) is 0.768. The van der Waals surface area contributed by atoms with Crippen LogP contribution in [0.25, 0.3) is 0 Å². The molecular formula is C19H20O2. The zero-order valence-electron chi connectivity index (χ0n) is 12.2. The molecule has 0 amide bonds. The number of carbonyl (C=O) groups excluding carboxylic acids is 1. The van der Waals surface area contributed by atoms with Gasteiger partial charge in [0.1, 0.15) is 6.61 Å². The highest BCUT2D eigenvalue weighted by molar-refractivity contribution is 5.70. The van der Waals surface area contributed by atoms with Crippen LogP contribution in [0.1, 0.15) is 30.4 Å². The van der Waals surface area contributed by atoms with Crippen LogP contribution in [0.3, 0.4) is 0 Å². The van der Waals surface area contributed by atoms with E-state index in [-0.39, 0.29) is 5.97 Å². The molecule has 0 heterocycles. The van der Waals surface area contributed by atoms with Crippen LogP contribution in [0.4, 0.5) is 0 Å². The van der Waals surface area contributed by atoms with Crippen LogP contribution >= 0.6 is 0 Å². The van der Waals surface area contributed by atoms with Crippen LogP contribution in [0.5, 0.6) is 0 Å². The number of hydrogen-bond acceptors (Lipinski definition) is 2. The summed E-state index contributed by atoms with van der Waals surface area (Å²) in [5.41, 5.74) is 2.38. The van der Waals surface area contributed by atoms with Gasteiger partial charge in [-0.1, -0.05) is 67.6 Å². The molecule has 1 aliphatic carbocycles. The van der Waals surface area contributed by atoms with Crippen molar-refractivity contribution in [2.45, 2.75) is 25.9 Å². The van der Waals surface area contributed by atoms with Crippen LogP contribution in [0, 0.1) is 11.8 Å². The SMILES string of the molecule is C[C@H]1C(CC(=O)OCc2ccccc2)[C@@H]1c1ccccc1. The average molecular weight is 280 g/mol. The molecule has 108 valence electrons. The number of carbonyl (C=O) groups is 1. The van der Waals surface area contributed by atoms with Crippen molar-refractivity contribution < 1.29 is 9.53 Å². The minimum Gasteiger partial charge on any atom is -0.461 e. The van der Waals surface area contributed by atoms with Crippen molar-refractivity contribution in [3.05, 3.63) is 71.8 Å². The van der Waals surface area contributed by atoms with Crippen LogP contribution in [0.2, 0.25) is 0 Å². The van der Waals surface area contributed by atoms with Gasteiger partial charge in [0.15, 0.2) is 0 Å². The molecule has 0 aliphatic heterocycles. The normalized spacial score (nSPS) is 23.6. The molecular weight excluding hydrogens is 260 g/mol. The molecule has 3 atom stereocenters. The summed E-state index contributed by atoms with van der Waals surface area (Å²) < 4.78 is 5.37. The fourth-order valence-corrected chi connectivity index (χ4v) is 3.07. The molecule has 0 spiro atoms. The maximum Gasteiger partial charge on any atom is 0.306 e. The first kappa shape index (κ1) is 13.9. The van der Waals surface area contributed by atoms with Crippen LogP contribution in [-0.2, 0) is 16.1 Å². The van der Waals surface area contributed by atoms with Gasteiger partial charge < -0.3 is 4.74 Å². The van der Waals surface area contributed by atoms with Gasteiger partial charge in [-0.3, -0.25) is 4.79 Å². The smallest absolute Gasteiger partial charge is 0.306 e. The largest absolute Gasteiger partial charge is 0.461 e. The van der Waals surface area contributed by atoms with Crippen LogP contribution in [0.15, 0.2) is 60.7 Å². The van der Waals surface area contributed by atoms with Gasteiger partial charge >= 0.3 is 5.97 Å². The Bertz CT molecular complexity index is 591. The summed E-state index contributed by atoms with van der Waals surface area (Å²) in [6, 6.07) is 20.3. The molecule has 1 aliphatic rings. The monoisotopic (exact) mass is 280 g/mol. The predicted molar refractivity (Wildman–Crippen MR) is 82.7 cm³/mol. The third kappa shape index (κ3) is 3.33. The van der Waals surface area contributed by atoms with E-state index >= 15 is 0 Å². The highest BCUT2D eigenvalue weighted by Gasteiger charge is 2.48. The molecule has 0 aromatic heterocycles. The Balaban J connectivity index is 1.50. The zero-order valence-corrected chi connectivity index (χ0v) is 12.2. The van der Waals surface area contributed by atoms with Crippen molar-refractivity contribution in [3.8, 4) is 0 Å². The van der Waals surface area contributed by atoms with Gasteiger partial charge in [0.05, 0.1) is 0 Å². The van der Waals surface area contributed by atoms with E-state index < -0.39 is 0 Å². The number of benzene rings is 2. The summed E-state index contributed by atoms with van der Waals surface area (Å²) in [4.78, 5) is 12.0. The maximum absolute atomic E-state index is 12.0. The number of esters is 1. The Morgan fingerprint density at radius 2 is 1.62 bits per heavy atom. The molecule has 1 saturated carbocycles. The second kappa shape index (κ2) is 6.13. The van der Waals surface area contributed by atoms with E-state index in [2.05, 4.69) is 31.2 Å². The molecule has 0 saturated heterocycles. The standard InChI is InChI=1S/C19H20O2/c1-14-17(19(14)16-10-6-3-7-11-16)12-18(20)21-13-15-8-4-2-5-9-15/h2-11,14,17,19H,12-13H2,1H3/t14-,17?,19-/m0/s1. The lowest BCUT2D eigenvalue weighted by atomic mass is 10.1.